The summed E-state index contributed by atoms with van der Waals surface area (Å²) in [5.41, 5.74) is -0.629. The van der Waals surface area contributed by atoms with Crippen molar-refractivity contribution < 1.29 is 47.6 Å². The van der Waals surface area contributed by atoms with Gasteiger partial charge in [-0.3, -0.25) is 9.59 Å². The first-order valence-corrected chi connectivity index (χ1v) is 9.22. The molecule has 10 heteroatoms. The SMILES string of the molecule is CC1(C(=O)OCc2ccc(COC(=O)C3(C)COC(=O)OC3)cc2)COC(=O)OC1. The van der Waals surface area contributed by atoms with Crippen molar-refractivity contribution in [2.75, 3.05) is 26.4 Å². The molecule has 0 bridgehead atoms. The summed E-state index contributed by atoms with van der Waals surface area (Å²) in [4.78, 5) is 46.4. The third-order valence-corrected chi connectivity index (χ3v) is 4.78. The number of benzene rings is 1. The number of hydrogen-bond acceptors (Lipinski definition) is 10. The van der Waals surface area contributed by atoms with Crippen molar-refractivity contribution in [2.24, 2.45) is 10.8 Å². The summed E-state index contributed by atoms with van der Waals surface area (Å²) in [6.07, 6.45) is -1.61. The molecular weight excluding hydrogens is 400 g/mol. The van der Waals surface area contributed by atoms with Crippen LogP contribution in [0.4, 0.5) is 9.59 Å². The van der Waals surface area contributed by atoms with Gasteiger partial charge in [0.25, 0.3) is 0 Å². The molecule has 0 N–H and O–H groups in total. The molecule has 2 aliphatic heterocycles. The van der Waals surface area contributed by atoms with E-state index in [1.807, 2.05) is 0 Å². The summed E-state index contributed by atoms with van der Waals surface area (Å²) in [7, 11) is 0. The van der Waals surface area contributed by atoms with Gasteiger partial charge in [0.1, 0.15) is 50.5 Å². The molecule has 0 aromatic heterocycles. The van der Waals surface area contributed by atoms with Gasteiger partial charge in [0, 0.05) is 0 Å². The summed E-state index contributed by atoms with van der Waals surface area (Å²) in [6, 6.07) is 6.96. The zero-order chi connectivity index (χ0) is 21.8. The predicted octanol–water partition coefficient (Wildman–Crippen LogP) is 2.12. The molecule has 0 radical (unpaired) electrons. The third-order valence-electron chi connectivity index (χ3n) is 4.78. The van der Waals surface area contributed by atoms with Gasteiger partial charge in [-0.15, -0.1) is 0 Å². The Hall–Kier alpha value is -3.30. The van der Waals surface area contributed by atoms with Crippen molar-refractivity contribution in [1.29, 1.82) is 0 Å². The maximum atomic E-state index is 12.3. The van der Waals surface area contributed by atoms with Gasteiger partial charge in [-0.05, 0) is 25.0 Å². The van der Waals surface area contributed by atoms with E-state index in [-0.39, 0.29) is 39.6 Å². The average molecular weight is 422 g/mol. The fourth-order valence-corrected chi connectivity index (χ4v) is 2.65. The minimum atomic E-state index is -1.05. The lowest BCUT2D eigenvalue weighted by Gasteiger charge is -2.29. The van der Waals surface area contributed by atoms with Crippen LogP contribution in [0.15, 0.2) is 24.3 Å². The summed E-state index contributed by atoms with van der Waals surface area (Å²) < 4.78 is 29.6. The zero-order valence-electron chi connectivity index (χ0n) is 16.6. The molecular formula is C20H22O10. The lowest BCUT2D eigenvalue weighted by Crippen LogP contribution is -2.44. The normalized spacial score (nSPS) is 19.4. The fourth-order valence-electron chi connectivity index (χ4n) is 2.65. The lowest BCUT2D eigenvalue weighted by molar-refractivity contribution is -0.168. The van der Waals surface area contributed by atoms with E-state index in [1.54, 1.807) is 38.1 Å². The maximum Gasteiger partial charge on any atom is 0.508 e. The molecule has 2 fully saturated rings. The molecule has 1 aromatic carbocycles. The molecule has 162 valence electrons. The van der Waals surface area contributed by atoms with Crippen molar-refractivity contribution in [1.82, 2.24) is 0 Å². The molecule has 1 aromatic rings. The molecule has 0 aliphatic carbocycles. The number of carbonyl (C=O) groups is 4. The van der Waals surface area contributed by atoms with Crippen molar-refractivity contribution >= 4 is 24.2 Å². The highest BCUT2D eigenvalue weighted by Crippen LogP contribution is 2.26. The highest BCUT2D eigenvalue weighted by molar-refractivity contribution is 5.79. The predicted molar refractivity (Wildman–Crippen MR) is 96.8 cm³/mol. The number of ether oxygens (including phenoxy) is 6. The van der Waals surface area contributed by atoms with Gasteiger partial charge in [0.05, 0.1) is 0 Å². The summed E-state index contributed by atoms with van der Waals surface area (Å²) >= 11 is 0. The van der Waals surface area contributed by atoms with Crippen LogP contribution in [0.25, 0.3) is 0 Å². The number of carbonyl (C=O) groups excluding carboxylic acids is 4. The van der Waals surface area contributed by atoms with Gasteiger partial charge < -0.3 is 28.4 Å². The molecule has 2 aliphatic rings. The first-order valence-electron chi connectivity index (χ1n) is 9.22. The van der Waals surface area contributed by atoms with E-state index in [0.717, 1.165) is 11.1 Å². The Labute approximate surface area is 172 Å². The number of rotatable bonds is 6. The highest BCUT2D eigenvalue weighted by Gasteiger charge is 2.42. The Kier molecular flexibility index (Phi) is 6.14. The summed E-state index contributed by atoms with van der Waals surface area (Å²) in [6.45, 7) is 2.86. The Bertz CT molecular complexity index is 739. The largest absolute Gasteiger partial charge is 0.508 e. The molecule has 30 heavy (non-hydrogen) atoms. The van der Waals surface area contributed by atoms with Crippen LogP contribution in [0.1, 0.15) is 25.0 Å². The van der Waals surface area contributed by atoms with Crippen LogP contribution in [0.2, 0.25) is 0 Å². The van der Waals surface area contributed by atoms with E-state index in [1.165, 1.54) is 0 Å². The third kappa shape index (κ3) is 5.00. The molecule has 2 heterocycles. The molecule has 0 saturated carbocycles. The number of cyclic esters (lactones) is 4. The van der Waals surface area contributed by atoms with Crippen molar-refractivity contribution in [3.05, 3.63) is 35.4 Å². The number of esters is 2. The Morgan fingerprint density at radius 2 is 1.03 bits per heavy atom. The van der Waals surface area contributed by atoms with Crippen LogP contribution < -0.4 is 0 Å². The Morgan fingerprint density at radius 1 is 0.733 bits per heavy atom. The quantitative estimate of drug-likeness (QED) is 0.497. The van der Waals surface area contributed by atoms with Crippen LogP contribution in [-0.4, -0.2) is 50.7 Å². The molecule has 10 nitrogen and oxygen atoms in total. The van der Waals surface area contributed by atoms with Crippen LogP contribution >= 0.6 is 0 Å². The Morgan fingerprint density at radius 3 is 1.33 bits per heavy atom. The molecule has 3 rings (SSSR count). The average Bonchev–Trinajstić information content (AvgIpc) is 2.75. The van der Waals surface area contributed by atoms with Gasteiger partial charge in [-0.25, -0.2) is 9.59 Å². The van der Waals surface area contributed by atoms with Crippen molar-refractivity contribution in [3.8, 4) is 0 Å². The van der Waals surface area contributed by atoms with Gasteiger partial charge in [-0.1, -0.05) is 24.3 Å². The Balaban J connectivity index is 1.46. The van der Waals surface area contributed by atoms with E-state index in [9.17, 15) is 19.2 Å². The zero-order valence-corrected chi connectivity index (χ0v) is 16.6. The second-order valence-electron chi connectivity index (χ2n) is 7.74. The van der Waals surface area contributed by atoms with E-state index in [2.05, 4.69) is 0 Å². The molecule has 2 saturated heterocycles. The van der Waals surface area contributed by atoms with E-state index >= 15 is 0 Å². The van der Waals surface area contributed by atoms with Crippen molar-refractivity contribution in [3.63, 3.8) is 0 Å². The molecule has 0 spiro atoms. The summed E-state index contributed by atoms with van der Waals surface area (Å²) in [5.74, 6) is -1.06. The number of hydrogen-bond donors (Lipinski definition) is 0. The van der Waals surface area contributed by atoms with Gasteiger partial charge in [0.2, 0.25) is 0 Å². The maximum absolute atomic E-state index is 12.3. The minimum Gasteiger partial charge on any atom is -0.460 e. The first-order chi connectivity index (χ1) is 14.2. The topological polar surface area (TPSA) is 124 Å². The smallest absolute Gasteiger partial charge is 0.460 e. The van der Waals surface area contributed by atoms with Crippen LogP contribution in [0, 0.1) is 10.8 Å². The first kappa shape index (κ1) is 21.4. The van der Waals surface area contributed by atoms with Crippen LogP contribution in [0.3, 0.4) is 0 Å². The lowest BCUT2D eigenvalue weighted by atomic mass is 9.92. The van der Waals surface area contributed by atoms with E-state index in [4.69, 9.17) is 28.4 Å². The van der Waals surface area contributed by atoms with Crippen LogP contribution in [0.5, 0.6) is 0 Å². The standard InChI is InChI=1S/C20H22O10/c1-19(9-27-17(23)28-10-19)15(21)25-7-13-3-5-14(6-4-13)8-26-16(22)20(2)11-29-18(24)30-12-20/h3-6H,7-12H2,1-2H3. The van der Waals surface area contributed by atoms with E-state index in [0.29, 0.717) is 0 Å². The molecule has 0 atom stereocenters. The summed E-state index contributed by atoms with van der Waals surface area (Å²) in [5, 5.41) is 0. The minimum absolute atomic E-state index is 0.0310. The molecule has 0 unspecified atom stereocenters. The molecule has 0 amide bonds. The van der Waals surface area contributed by atoms with E-state index < -0.39 is 35.1 Å². The second kappa shape index (κ2) is 8.60. The monoisotopic (exact) mass is 422 g/mol. The van der Waals surface area contributed by atoms with Gasteiger partial charge in [0.15, 0.2) is 0 Å². The highest BCUT2D eigenvalue weighted by atomic mass is 16.7. The van der Waals surface area contributed by atoms with Crippen molar-refractivity contribution in [2.45, 2.75) is 27.1 Å². The van der Waals surface area contributed by atoms with Gasteiger partial charge >= 0.3 is 24.2 Å². The van der Waals surface area contributed by atoms with Gasteiger partial charge in [-0.2, -0.15) is 0 Å². The fraction of sp³-hybridized carbons (Fsp3) is 0.500. The second-order valence-corrected chi connectivity index (χ2v) is 7.74. The van der Waals surface area contributed by atoms with Crippen LogP contribution in [-0.2, 0) is 51.2 Å².